The minimum absolute atomic E-state index is 0.0220. The summed E-state index contributed by atoms with van der Waals surface area (Å²) < 4.78 is 44.3. The lowest BCUT2D eigenvalue weighted by atomic mass is 10.0. The Morgan fingerprint density at radius 3 is 2.48 bits per heavy atom. The number of nitro benzene ring substituents is 1. The number of nitrogens with one attached hydrogen (secondary N) is 2. The highest BCUT2D eigenvalue weighted by Gasteiger charge is 2.43. The molecule has 0 aromatic heterocycles. The van der Waals surface area contributed by atoms with Gasteiger partial charge in [0.15, 0.2) is 5.75 Å². The number of rotatable bonds is 7. The fourth-order valence-corrected chi connectivity index (χ4v) is 2.01. The zero-order valence-electron chi connectivity index (χ0n) is 13.9. The highest BCUT2D eigenvalue weighted by atomic mass is 19.4. The van der Waals surface area contributed by atoms with E-state index in [1.54, 1.807) is 6.92 Å². The predicted molar refractivity (Wildman–Crippen MR) is 83.4 cm³/mol. The van der Waals surface area contributed by atoms with Gasteiger partial charge in [-0.25, -0.2) is 4.79 Å². The second-order valence-electron chi connectivity index (χ2n) is 5.03. The van der Waals surface area contributed by atoms with Crippen LogP contribution in [0.3, 0.4) is 0 Å². The first kappa shape index (κ1) is 22.0. The van der Waals surface area contributed by atoms with Crippen LogP contribution in [0.2, 0.25) is 0 Å². The van der Waals surface area contributed by atoms with Gasteiger partial charge in [-0.3, -0.25) is 20.2 Å². The first-order valence-corrected chi connectivity index (χ1v) is 7.48. The molecule has 0 atom stereocenters. The van der Waals surface area contributed by atoms with E-state index in [-0.39, 0.29) is 12.6 Å². The number of benzene rings is 1. The standard InChI is InChI=1S/C14H16F3N3O7/c1-2-27-5-3-4-18-13(24)19-12(23)9-7(14(15,16)17)6-8(21)11(22)10(9)20(25)26/h6,21-22H,2-5H2,1H3,(H2,18,19,23,24). The van der Waals surface area contributed by atoms with Gasteiger partial charge >= 0.3 is 17.9 Å². The highest BCUT2D eigenvalue weighted by Crippen LogP contribution is 2.45. The van der Waals surface area contributed by atoms with Gasteiger partial charge in [0.2, 0.25) is 5.75 Å². The molecule has 0 aliphatic rings. The lowest BCUT2D eigenvalue weighted by molar-refractivity contribution is -0.386. The van der Waals surface area contributed by atoms with Gasteiger partial charge in [0.1, 0.15) is 5.56 Å². The SMILES string of the molecule is CCOCCCNC(=O)NC(=O)c1c(C(F)(F)F)cc(O)c(O)c1[N+](=O)[O-]. The number of ether oxygens (including phenoxy) is 1. The Balaban J connectivity index is 3.12. The average molecular weight is 395 g/mol. The van der Waals surface area contributed by atoms with Crippen LogP contribution in [0.25, 0.3) is 0 Å². The monoisotopic (exact) mass is 395 g/mol. The molecule has 1 aromatic rings. The van der Waals surface area contributed by atoms with Crippen molar-refractivity contribution in [3.05, 3.63) is 27.3 Å². The molecular formula is C14H16F3N3O7. The number of hydrogen-bond donors (Lipinski definition) is 4. The lowest BCUT2D eigenvalue weighted by Crippen LogP contribution is -2.41. The summed E-state index contributed by atoms with van der Waals surface area (Å²) in [4.78, 5) is 33.2. The van der Waals surface area contributed by atoms with Crippen LogP contribution in [0.1, 0.15) is 29.3 Å². The number of imide groups is 1. The zero-order valence-corrected chi connectivity index (χ0v) is 13.9. The van der Waals surface area contributed by atoms with Gasteiger partial charge in [0.25, 0.3) is 5.91 Å². The molecule has 10 nitrogen and oxygen atoms in total. The first-order chi connectivity index (χ1) is 12.5. The van der Waals surface area contributed by atoms with Crippen LogP contribution in [-0.2, 0) is 10.9 Å². The topological polar surface area (TPSA) is 151 Å². The van der Waals surface area contributed by atoms with Crippen LogP contribution in [0.4, 0.5) is 23.7 Å². The molecule has 0 saturated heterocycles. The summed E-state index contributed by atoms with van der Waals surface area (Å²) in [5.74, 6) is -4.74. The quantitative estimate of drug-likeness (QED) is 0.238. The summed E-state index contributed by atoms with van der Waals surface area (Å²) in [5, 5.41) is 33.5. The maximum Gasteiger partial charge on any atom is 0.417 e. The van der Waals surface area contributed by atoms with Gasteiger partial charge in [0.05, 0.1) is 10.5 Å². The molecule has 3 amide bonds. The second-order valence-corrected chi connectivity index (χ2v) is 5.03. The summed E-state index contributed by atoms with van der Waals surface area (Å²) in [6, 6.07) is -1.25. The van der Waals surface area contributed by atoms with Crippen LogP contribution in [0.15, 0.2) is 6.07 Å². The molecule has 27 heavy (non-hydrogen) atoms. The van der Waals surface area contributed by atoms with Gasteiger partial charge in [0, 0.05) is 19.8 Å². The number of alkyl halides is 3. The number of phenols is 2. The molecule has 1 aromatic carbocycles. The van der Waals surface area contributed by atoms with Crippen molar-refractivity contribution in [1.29, 1.82) is 0 Å². The van der Waals surface area contributed by atoms with Crippen molar-refractivity contribution >= 4 is 17.6 Å². The van der Waals surface area contributed by atoms with Gasteiger partial charge in [-0.1, -0.05) is 0 Å². The Hall–Kier alpha value is -3.09. The number of nitrogens with zero attached hydrogens (tertiary/aromatic N) is 1. The van der Waals surface area contributed by atoms with Crippen molar-refractivity contribution in [3.63, 3.8) is 0 Å². The first-order valence-electron chi connectivity index (χ1n) is 7.48. The molecule has 0 bridgehead atoms. The third-order valence-electron chi connectivity index (χ3n) is 3.15. The van der Waals surface area contributed by atoms with Gasteiger partial charge < -0.3 is 20.3 Å². The summed E-state index contributed by atoms with van der Waals surface area (Å²) >= 11 is 0. The number of nitro groups is 1. The summed E-state index contributed by atoms with van der Waals surface area (Å²) in [7, 11) is 0. The van der Waals surface area contributed by atoms with Crippen molar-refractivity contribution in [2.45, 2.75) is 19.5 Å². The van der Waals surface area contributed by atoms with Crippen molar-refractivity contribution in [2.75, 3.05) is 19.8 Å². The van der Waals surface area contributed by atoms with Gasteiger partial charge in [-0.05, 0) is 19.4 Å². The normalized spacial score (nSPS) is 11.1. The van der Waals surface area contributed by atoms with Crippen molar-refractivity contribution in [3.8, 4) is 11.5 Å². The van der Waals surface area contributed by atoms with Gasteiger partial charge in [-0.2, -0.15) is 13.2 Å². The van der Waals surface area contributed by atoms with E-state index in [0.717, 1.165) is 0 Å². The zero-order chi connectivity index (χ0) is 20.8. The molecule has 13 heteroatoms. The molecule has 0 fully saturated rings. The molecule has 150 valence electrons. The molecule has 0 unspecified atom stereocenters. The van der Waals surface area contributed by atoms with E-state index in [1.807, 2.05) is 0 Å². The summed E-state index contributed by atoms with van der Waals surface area (Å²) in [6.45, 7) is 2.50. The van der Waals surface area contributed by atoms with E-state index in [1.165, 1.54) is 5.32 Å². The third-order valence-corrected chi connectivity index (χ3v) is 3.15. The Morgan fingerprint density at radius 2 is 1.96 bits per heavy atom. The number of carbonyl (C=O) groups is 2. The van der Waals surface area contributed by atoms with Crippen LogP contribution >= 0.6 is 0 Å². The number of hydrogen-bond acceptors (Lipinski definition) is 7. The minimum atomic E-state index is -5.28. The lowest BCUT2D eigenvalue weighted by Gasteiger charge is -2.14. The molecule has 0 spiro atoms. The molecule has 1 rings (SSSR count). The molecule has 4 N–H and O–H groups in total. The Bertz CT molecular complexity index is 738. The van der Waals surface area contributed by atoms with E-state index >= 15 is 0 Å². The number of amides is 3. The minimum Gasteiger partial charge on any atom is -0.504 e. The Morgan fingerprint density at radius 1 is 1.33 bits per heavy atom. The van der Waals surface area contributed by atoms with E-state index in [9.17, 15) is 43.1 Å². The Kier molecular flexibility index (Phi) is 7.34. The fraction of sp³-hybridized carbons (Fsp3) is 0.429. The molecule has 0 heterocycles. The Labute approximate surface area is 150 Å². The molecular weight excluding hydrogens is 379 g/mol. The average Bonchev–Trinajstić information content (AvgIpc) is 2.55. The summed E-state index contributed by atoms with van der Waals surface area (Å²) in [6.07, 6.45) is -4.93. The molecule has 0 saturated carbocycles. The second kappa shape index (κ2) is 9.02. The number of halogens is 3. The van der Waals surface area contributed by atoms with Crippen LogP contribution in [0.5, 0.6) is 11.5 Å². The molecule has 0 aliphatic carbocycles. The fourth-order valence-electron chi connectivity index (χ4n) is 2.01. The van der Waals surface area contributed by atoms with Crippen molar-refractivity contribution < 1.29 is 42.6 Å². The number of aromatic hydroxyl groups is 2. The third kappa shape index (κ3) is 5.70. The van der Waals surface area contributed by atoms with Gasteiger partial charge in [-0.15, -0.1) is 0 Å². The summed E-state index contributed by atoms with van der Waals surface area (Å²) in [5.41, 5.74) is -5.16. The number of phenolic OH excluding ortho intramolecular Hbond substituents is 2. The largest absolute Gasteiger partial charge is 0.504 e. The smallest absolute Gasteiger partial charge is 0.417 e. The molecule has 0 radical (unpaired) electrons. The van der Waals surface area contributed by atoms with Crippen LogP contribution in [0, 0.1) is 10.1 Å². The highest BCUT2D eigenvalue weighted by molar-refractivity contribution is 6.08. The number of carbonyl (C=O) groups excluding carboxylic acids is 2. The van der Waals surface area contributed by atoms with E-state index in [2.05, 4.69) is 5.32 Å². The molecule has 0 aliphatic heterocycles. The maximum atomic E-state index is 13.1. The van der Waals surface area contributed by atoms with E-state index in [4.69, 9.17) is 4.74 Å². The maximum absolute atomic E-state index is 13.1. The van der Waals surface area contributed by atoms with Crippen LogP contribution in [-0.4, -0.2) is 46.8 Å². The number of urea groups is 1. The van der Waals surface area contributed by atoms with Crippen molar-refractivity contribution in [1.82, 2.24) is 10.6 Å². The van der Waals surface area contributed by atoms with Crippen LogP contribution < -0.4 is 10.6 Å². The van der Waals surface area contributed by atoms with Crippen molar-refractivity contribution in [2.24, 2.45) is 0 Å². The van der Waals surface area contributed by atoms with E-state index in [0.29, 0.717) is 19.6 Å². The van der Waals surface area contributed by atoms with E-state index < -0.39 is 51.4 Å². The predicted octanol–water partition coefficient (Wildman–Crippen LogP) is 1.89.